The molecule has 2 fully saturated rings. The Balaban J connectivity index is 0.000000220. The van der Waals surface area contributed by atoms with Gasteiger partial charge in [-0.05, 0) is 75.1 Å². The summed E-state index contributed by atoms with van der Waals surface area (Å²) in [5.74, 6) is -0.349. The molecule has 8 nitrogen and oxygen atoms in total. The van der Waals surface area contributed by atoms with Crippen LogP contribution in [0.5, 0.6) is 0 Å². The van der Waals surface area contributed by atoms with E-state index >= 15 is 0 Å². The number of anilines is 2. The van der Waals surface area contributed by atoms with Gasteiger partial charge in [0.15, 0.2) is 0 Å². The molecule has 8 heteroatoms. The number of nitriles is 2. The maximum Gasteiger partial charge on any atom is 0.306 e. The second-order valence-corrected chi connectivity index (χ2v) is 10.4. The maximum atomic E-state index is 11.5. The van der Waals surface area contributed by atoms with E-state index in [2.05, 4.69) is 21.9 Å². The van der Waals surface area contributed by atoms with Gasteiger partial charge in [-0.25, -0.2) is 0 Å². The van der Waals surface area contributed by atoms with Crippen molar-refractivity contribution in [2.24, 2.45) is 17.8 Å². The van der Waals surface area contributed by atoms with Crippen LogP contribution in [-0.2, 0) is 14.3 Å². The number of hydrogen-bond acceptors (Lipinski definition) is 7. The topological polar surface area (TPSA) is 118 Å². The summed E-state index contributed by atoms with van der Waals surface area (Å²) in [6, 6.07) is 19.7. The smallest absolute Gasteiger partial charge is 0.306 e. The van der Waals surface area contributed by atoms with Gasteiger partial charge in [-0.2, -0.15) is 10.5 Å². The number of carboxylic acid groups (broad SMARTS) is 1. The molecule has 2 aromatic rings. The molecule has 0 bridgehead atoms. The van der Waals surface area contributed by atoms with Crippen LogP contribution in [0.4, 0.5) is 11.4 Å². The number of esters is 1. The van der Waals surface area contributed by atoms with Gasteiger partial charge in [0.2, 0.25) is 0 Å². The van der Waals surface area contributed by atoms with Gasteiger partial charge in [0.1, 0.15) is 12.1 Å². The number of aliphatic carboxylic acids is 1. The van der Waals surface area contributed by atoms with Crippen LogP contribution in [0.1, 0.15) is 63.5 Å². The van der Waals surface area contributed by atoms with Gasteiger partial charge in [-0.3, -0.25) is 9.59 Å². The van der Waals surface area contributed by atoms with Crippen molar-refractivity contribution < 1.29 is 19.4 Å². The molecule has 1 N–H and O–H groups in total. The average molecular weight is 545 g/mol. The Morgan fingerprint density at radius 2 is 1.35 bits per heavy atom. The zero-order chi connectivity index (χ0) is 28.9. The predicted molar refractivity (Wildman–Crippen MR) is 155 cm³/mol. The first-order valence-corrected chi connectivity index (χ1v) is 14.3. The number of hydrogen-bond donors (Lipinski definition) is 1. The first kappa shape index (κ1) is 30.5. The van der Waals surface area contributed by atoms with E-state index in [0.29, 0.717) is 30.9 Å². The van der Waals surface area contributed by atoms with Crippen LogP contribution in [-0.4, -0.2) is 49.8 Å². The van der Waals surface area contributed by atoms with E-state index in [1.165, 1.54) is 0 Å². The van der Waals surface area contributed by atoms with Crippen LogP contribution in [0, 0.1) is 40.4 Å². The number of rotatable bonds is 8. The summed E-state index contributed by atoms with van der Waals surface area (Å²) in [5.41, 5.74) is 3.38. The standard InChI is InChI=1S/2C16H20N2O2/c1-2-20-16(19)11-13-7-9-18(10-8-13)15-6-4-3-5-14(15)12-17;1-2-14(16(19)20)12-7-9-18(10-8-12)15-6-4-3-5-13(15)11-17/h3-6,13H,2,7-11H2,1H3;3-6,12,14H,2,7-10H2,1H3,(H,19,20). The fraction of sp³-hybridized carbons (Fsp3) is 0.500. The van der Waals surface area contributed by atoms with E-state index in [1.54, 1.807) is 0 Å². The lowest BCUT2D eigenvalue weighted by molar-refractivity contribution is -0.145. The summed E-state index contributed by atoms with van der Waals surface area (Å²) in [5, 5.41) is 27.5. The van der Waals surface area contributed by atoms with Crippen molar-refractivity contribution >= 4 is 23.3 Å². The Morgan fingerprint density at radius 1 is 0.875 bits per heavy atom. The Morgan fingerprint density at radius 3 is 1.77 bits per heavy atom. The van der Waals surface area contributed by atoms with Gasteiger partial charge < -0.3 is 19.6 Å². The highest BCUT2D eigenvalue weighted by atomic mass is 16.5. The van der Waals surface area contributed by atoms with Crippen molar-refractivity contribution in [3.8, 4) is 12.1 Å². The minimum Gasteiger partial charge on any atom is -0.481 e. The highest BCUT2D eigenvalue weighted by Gasteiger charge is 2.30. The molecule has 2 aliphatic heterocycles. The molecule has 0 radical (unpaired) electrons. The van der Waals surface area contributed by atoms with Crippen LogP contribution in [0.25, 0.3) is 0 Å². The van der Waals surface area contributed by atoms with E-state index < -0.39 is 5.97 Å². The predicted octanol–water partition coefficient (Wildman–Crippen LogP) is 5.61. The van der Waals surface area contributed by atoms with Crippen molar-refractivity contribution in [2.75, 3.05) is 42.6 Å². The minimum absolute atomic E-state index is 0.0941. The normalized spacial score (nSPS) is 16.6. The Bertz CT molecular complexity index is 1200. The molecule has 4 rings (SSSR count). The minimum atomic E-state index is -0.677. The number of ether oxygens (including phenoxy) is 1. The fourth-order valence-corrected chi connectivity index (χ4v) is 5.77. The molecule has 40 heavy (non-hydrogen) atoms. The summed E-state index contributed by atoms with van der Waals surface area (Å²) >= 11 is 0. The average Bonchev–Trinajstić information content (AvgIpc) is 2.98. The molecule has 0 spiro atoms. The third kappa shape index (κ3) is 8.23. The lowest BCUT2D eigenvalue weighted by Crippen LogP contribution is -2.38. The SMILES string of the molecule is CCC(C(=O)O)C1CCN(c2ccccc2C#N)CC1.CCOC(=O)CC1CCN(c2ccccc2C#N)CC1. The summed E-state index contributed by atoms with van der Waals surface area (Å²) in [6.45, 7) is 7.66. The van der Waals surface area contributed by atoms with Gasteiger partial charge >= 0.3 is 11.9 Å². The molecule has 0 aliphatic carbocycles. The summed E-state index contributed by atoms with van der Waals surface area (Å²) in [7, 11) is 0. The number of nitrogens with zero attached hydrogens (tertiary/aromatic N) is 4. The van der Waals surface area contributed by atoms with E-state index in [9.17, 15) is 14.7 Å². The highest BCUT2D eigenvalue weighted by molar-refractivity contribution is 5.70. The molecule has 2 saturated heterocycles. The van der Waals surface area contributed by atoms with Crippen LogP contribution < -0.4 is 9.80 Å². The molecule has 1 atom stereocenters. The molecule has 0 aromatic heterocycles. The van der Waals surface area contributed by atoms with Crippen molar-refractivity contribution in [3.63, 3.8) is 0 Å². The molecule has 2 heterocycles. The van der Waals surface area contributed by atoms with E-state index in [-0.39, 0.29) is 17.8 Å². The lowest BCUT2D eigenvalue weighted by Gasteiger charge is -2.36. The second-order valence-electron chi connectivity index (χ2n) is 10.4. The zero-order valence-corrected chi connectivity index (χ0v) is 23.6. The molecule has 1 unspecified atom stereocenters. The van der Waals surface area contributed by atoms with E-state index in [1.807, 2.05) is 62.4 Å². The fourth-order valence-electron chi connectivity index (χ4n) is 5.77. The quantitative estimate of drug-likeness (QED) is 0.426. The third-order valence-corrected chi connectivity index (χ3v) is 7.97. The number of para-hydroxylation sites is 2. The Hall–Kier alpha value is -4.04. The third-order valence-electron chi connectivity index (χ3n) is 7.97. The van der Waals surface area contributed by atoms with Gasteiger partial charge in [-0.1, -0.05) is 31.2 Å². The second kappa shape index (κ2) is 15.5. The number of carboxylic acids is 1. The highest BCUT2D eigenvalue weighted by Crippen LogP contribution is 2.31. The van der Waals surface area contributed by atoms with Crippen LogP contribution >= 0.6 is 0 Å². The number of carbonyl (C=O) groups excluding carboxylic acids is 1. The summed E-state index contributed by atoms with van der Waals surface area (Å²) in [4.78, 5) is 27.1. The monoisotopic (exact) mass is 544 g/mol. The summed E-state index contributed by atoms with van der Waals surface area (Å²) < 4.78 is 5.00. The van der Waals surface area contributed by atoms with Crippen LogP contribution in [0.3, 0.4) is 0 Å². The molecular weight excluding hydrogens is 504 g/mol. The molecule has 0 amide bonds. The number of benzene rings is 2. The van der Waals surface area contributed by atoms with E-state index in [4.69, 9.17) is 15.3 Å². The van der Waals surface area contributed by atoms with Gasteiger partial charge in [0, 0.05) is 32.6 Å². The Kier molecular flexibility index (Phi) is 11.8. The summed E-state index contributed by atoms with van der Waals surface area (Å²) in [6.07, 6.45) is 4.91. The van der Waals surface area contributed by atoms with Crippen molar-refractivity contribution in [3.05, 3.63) is 59.7 Å². The largest absolute Gasteiger partial charge is 0.481 e. The Labute approximate surface area is 237 Å². The molecule has 212 valence electrons. The molecular formula is C32H40N4O4. The number of piperidine rings is 2. The molecule has 2 aliphatic rings. The first-order chi connectivity index (χ1) is 19.4. The van der Waals surface area contributed by atoms with Gasteiger partial charge in [0.25, 0.3) is 0 Å². The molecule has 0 saturated carbocycles. The van der Waals surface area contributed by atoms with Crippen molar-refractivity contribution in [1.82, 2.24) is 0 Å². The van der Waals surface area contributed by atoms with Gasteiger partial charge in [-0.15, -0.1) is 0 Å². The lowest BCUT2D eigenvalue weighted by atomic mass is 9.82. The van der Waals surface area contributed by atoms with E-state index in [0.717, 1.165) is 68.8 Å². The number of carbonyl (C=O) groups is 2. The maximum absolute atomic E-state index is 11.5. The first-order valence-electron chi connectivity index (χ1n) is 14.3. The molecule has 2 aromatic carbocycles. The van der Waals surface area contributed by atoms with Crippen molar-refractivity contribution in [2.45, 2.75) is 52.4 Å². The zero-order valence-electron chi connectivity index (χ0n) is 23.6. The van der Waals surface area contributed by atoms with Crippen molar-refractivity contribution in [1.29, 1.82) is 10.5 Å². The van der Waals surface area contributed by atoms with Gasteiger partial charge in [0.05, 0.1) is 35.0 Å². The van der Waals surface area contributed by atoms with Crippen LogP contribution in [0.15, 0.2) is 48.5 Å². The van der Waals surface area contributed by atoms with Crippen LogP contribution in [0.2, 0.25) is 0 Å².